The fraction of sp³-hybridized carbons (Fsp3) is 0.286. The van der Waals surface area contributed by atoms with Gasteiger partial charge in [-0.2, -0.15) is 0 Å². The van der Waals surface area contributed by atoms with E-state index in [2.05, 4.69) is 20.6 Å². The van der Waals surface area contributed by atoms with Crippen molar-refractivity contribution in [1.29, 1.82) is 0 Å². The van der Waals surface area contributed by atoms with Crippen LogP contribution in [0.1, 0.15) is 11.1 Å². The first-order valence-electron chi connectivity index (χ1n) is 9.08. The topological polar surface area (TPSA) is 61.4 Å². The second kappa shape index (κ2) is 11.7. The average molecular weight is 496 g/mol. The number of guanidine groups is 1. The minimum absolute atomic E-state index is 0. The van der Waals surface area contributed by atoms with Crippen molar-refractivity contribution in [3.8, 4) is 0 Å². The van der Waals surface area contributed by atoms with Crippen LogP contribution < -0.4 is 10.6 Å². The van der Waals surface area contributed by atoms with Gasteiger partial charge in [0.25, 0.3) is 0 Å². The molecule has 28 heavy (non-hydrogen) atoms. The molecule has 0 fully saturated rings. The largest absolute Gasteiger partial charge is 0.375 e. The van der Waals surface area contributed by atoms with Crippen molar-refractivity contribution >= 4 is 40.8 Å². The molecule has 1 aromatic heterocycles. The molecule has 0 saturated heterocycles. The number of nitrogens with zero attached hydrogens (tertiary/aromatic N) is 1. The molecule has 0 saturated carbocycles. The average Bonchev–Trinajstić information content (AvgIpc) is 3.09. The summed E-state index contributed by atoms with van der Waals surface area (Å²) >= 11 is 0. The van der Waals surface area contributed by atoms with Crippen LogP contribution in [0.25, 0.3) is 10.9 Å². The molecule has 3 N–H and O–H groups in total. The molecule has 1 heterocycles. The molecular weight excluding hydrogens is 470 g/mol. The third-order valence-corrected chi connectivity index (χ3v) is 4.29. The van der Waals surface area contributed by atoms with Gasteiger partial charge in [0.2, 0.25) is 0 Å². The Labute approximate surface area is 181 Å². The third kappa shape index (κ3) is 6.49. The Kier molecular flexibility index (Phi) is 9.22. The molecule has 150 valence electrons. The molecule has 5 nitrogen and oxygen atoms in total. The molecule has 0 amide bonds. The van der Waals surface area contributed by atoms with Gasteiger partial charge in [0.1, 0.15) is 5.82 Å². The third-order valence-electron chi connectivity index (χ3n) is 4.29. The van der Waals surface area contributed by atoms with Crippen LogP contribution in [0.2, 0.25) is 0 Å². The minimum atomic E-state index is -0.218. The van der Waals surface area contributed by atoms with Gasteiger partial charge in [-0.25, -0.2) is 4.39 Å². The Hall–Kier alpha value is -2.13. The van der Waals surface area contributed by atoms with Gasteiger partial charge < -0.3 is 20.4 Å². The summed E-state index contributed by atoms with van der Waals surface area (Å²) in [7, 11) is 1.74. The Bertz CT molecular complexity index is 883. The molecule has 0 unspecified atom stereocenters. The van der Waals surface area contributed by atoms with Crippen LogP contribution in [0.5, 0.6) is 0 Å². The lowest BCUT2D eigenvalue weighted by atomic mass is 10.1. The monoisotopic (exact) mass is 496 g/mol. The van der Waals surface area contributed by atoms with Crippen LogP contribution in [0, 0.1) is 5.82 Å². The van der Waals surface area contributed by atoms with E-state index in [9.17, 15) is 4.39 Å². The first-order chi connectivity index (χ1) is 13.3. The number of H-pyrrole nitrogens is 1. The van der Waals surface area contributed by atoms with E-state index in [0.29, 0.717) is 26.3 Å². The fourth-order valence-electron chi connectivity index (χ4n) is 2.90. The first kappa shape index (κ1) is 22.2. The number of aliphatic imine (C=N–C) groups is 1. The maximum absolute atomic E-state index is 13.4. The maximum atomic E-state index is 13.4. The number of rotatable bonds is 8. The molecule has 0 aliphatic rings. The second-order valence-electron chi connectivity index (χ2n) is 6.22. The van der Waals surface area contributed by atoms with E-state index in [4.69, 9.17) is 4.74 Å². The van der Waals surface area contributed by atoms with E-state index in [1.165, 1.54) is 6.07 Å². The van der Waals surface area contributed by atoms with Gasteiger partial charge in [-0.1, -0.05) is 30.3 Å². The van der Waals surface area contributed by atoms with Gasteiger partial charge in [-0.05, 0) is 35.7 Å². The van der Waals surface area contributed by atoms with Crippen LogP contribution in [-0.2, 0) is 17.8 Å². The summed E-state index contributed by atoms with van der Waals surface area (Å²) in [6, 6.07) is 14.9. The molecule has 0 atom stereocenters. The molecule has 0 aliphatic heterocycles. The molecule has 7 heteroatoms. The smallest absolute Gasteiger partial charge is 0.191 e. The molecule has 0 bridgehead atoms. The van der Waals surface area contributed by atoms with Crippen LogP contribution >= 0.6 is 24.0 Å². The van der Waals surface area contributed by atoms with E-state index in [0.717, 1.165) is 34.4 Å². The highest BCUT2D eigenvalue weighted by molar-refractivity contribution is 14.0. The Morgan fingerprint density at radius 1 is 1.11 bits per heavy atom. The molecule has 0 aliphatic carbocycles. The van der Waals surface area contributed by atoms with Gasteiger partial charge in [-0.15, -0.1) is 24.0 Å². The van der Waals surface area contributed by atoms with Crippen molar-refractivity contribution in [2.45, 2.75) is 13.0 Å². The van der Waals surface area contributed by atoms with Gasteiger partial charge in [-0.3, -0.25) is 4.99 Å². The number of fused-ring (bicyclic) bond motifs is 1. The quantitative estimate of drug-likeness (QED) is 0.192. The van der Waals surface area contributed by atoms with Crippen molar-refractivity contribution in [3.63, 3.8) is 0 Å². The summed E-state index contributed by atoms with van der Waals surface area (Å²) < 4.78 is 19.1. The van der Waals surface area contributed by atoms with Crippen molar-refractivity contribution in [3.05, 3.63) is 71.7 Å². The summed E-state index contributed by atoms with van der Waals surface area (Å²) in [5.41, 5.74) is 3.19. The number of nitrogens with one attached hydrogen (secondary N) is 3. The van der Waals surface area contributed by atoms with E-state index in [-0.39, 0.29) is 29.8 Å². The van der Waals surface area contributed by atoms with Gasteiger partial charge in [0, 0.05) is 37.2 Å². The molecule has 3 rings (SSSR count). The highest BCUT2D eigenvalue weighted by Gasteiger charge is 2.05. The zero-order chi connectivity index (χ0) is 18.9. The van der Waals surface area contributed by atoms with Crippen molar-refractivity contribution < 1.29 is 9.13 Å². The highest BCUT2D eigenvalue weighted by Crippen LogP contribution is 2.19. The Morgan fingerprint density at radius 2 is 1.89 bits per heavy atom. The Balaban J connectivity index is 0.00000280. The number of hydrogen-bond donors (Lipinski definition) is 3. The molecule has 3 aromatic rings. The zero-order valence-corrected chi connectivity index (χ0v) is 18.2. The lowest BCUT2D eigenvalue weighted by molar-refractivity contribution is 0.125. The van der Waals surface area contributed by atoms with E-state index >= 15 is 0 Å². The van der Waals surface area contributed by atoms with Gasteiger partial charge in [0.05, 0.1) is 13.2 Å². The molecule has 2 aromatic carbocycles. The number of hydrogen-bond acceptors (Lipinski definition) is 2. The van der Waals surface area contributed by atoms with E-state index in [1.807, 2.05) is 36.5 Å². The lowest BCUT2D eigenvalue weighted by Crippen LogP contribution is -2.39. The zero-order valence-electron chi connectivity index (χ0n) is 15.9. The Morgan fingerprint density at radius 3 is 2.68 bits per heavy atom. The second-order valence-corrected chi connectivity index (χ2v) is 6.22. The summed E-state index contributed by atoms with van der Waals surface area (Å²) in [5.74, 6) is 0.508. The number of ether oxygens (including phenoxy) is 1. The van der Waals surface area contributed by atoms with Crippen molar-refractivity contribution in [2.24, 2.45) is 4.99 Å². The summed E-state index contributed by atoms with van der Waals surface area (Å²) in [5, 5.41) is 7.42. The number of halogens is 2. The van der Waals surface area contributed by atoms with Crippen LogP contribution in [-0.4, -0.2) is 37.7 Å². The normalized spacial score (nSPS) is 11.3. The van der Waals surface area contributed by atoms with E-state index in [1.54, 1.807) is 19.2 Å². The summed E-state index contributed by atoms with van der Waals surface area (Å²) in [6.45, 7) is 2.57. The molecule has 0 radical (unpaired) electrons. The van der Waals surface area contributed by atoms with Gasteiger partial charge in [0.15, 0.2) is 5.96 Å². The van der Waals surface area contributed by atoms with Crippen LogP contribution in [0.15, 0.2) is 59.7 Å². The molecular formula is C21H26FIN4O. The fourth-order valence-corrected chi connectivity index (χ4v) is 2.90. The van der Waals surface area contributed by atoms with Crippen molar-refractivity contribution in [1.82, 2.24) is 15.6 Å². The SMILES string of the molecule is CN=C(NCCOCc1ccccc1)NCCc1c[nH]c2ccc(F)cc12.I. The first-order valence-corrected chi connectivity index (χ1v) is 9.08. The molecule has 0 spiro atoms. The number of aromatic nitrogens is 1. The lowest BCUT2D eigenvalue weighted by Gasteiger charge is -2.12. The number of aromatic amines is 1. The van der Waals surface area contributed by atoms with Gasteiger partial charge >= 0.3 is 0 Å². The standard InChI is InChI=1S/C21H25FN4O.HI/c1-23-21(25-11-12-27-15-16-5-3-2-4-6-16)24-10-9-17-14-26-20-8-7-18(22)13-19(17)20;/h2-8,13-14,26H,9-12,15H2,1H3,(H2,23,24,25);1H. The van der Waals surface area contributed by atoms with Crippen molar-refractivity contribution in [2.75, 3.05) is 26.7 Å². The number of benzene rings is 2. The minimum Gasteiger partial charge on any atom is -0.375 e. The highest BCUT2D eigenvalue weighted by atomic mass is 127. The van der Waals surface area contributed by atoms with Crippen LogP contribution in [0.3, 0.4) is 0 Å². The van der Waals surface area contributed by atoms with Crippen LogP contribution in [0.4, 0.5) is 4.39 Å². The van der Waals surface area contributed by atoms with E-state index < -0.39 is 0 Å². The predicted molar refractivity (Wildman–Crippen MR) is 123 cm³/mol. The summed E-state index contributed by atoms with van der Waals surface area (Å²) in [4.78, 5) is 7.38. The summed E-state index contributed by atoms with van der Waals surface area (Å²) in [6.07, 6.45) is 2.70. The maximum Gasteiger partial charge on any atom is 0.191 e. The predicted octanol–water partition coefficient (Wildman–Crippen LogP) is 3.85.